The monoisotopic (exact) mass is 614 g/mol. The van der Waals surface area contributed by atoms with Crippen LogP contribution >= 0.6 is 0 Å². The molecule has 0 aliphatic heterocycles. The average Bonchev–Trinajstić information content (AvgIpc) is 3.79. The summed E-state index contributed by atoms with van der Waals surface area (Å²) >= 11 is 0. The molecule has 0 fully saturated rings. The van der Waals surface area contributed by atoms with E-state index < -0.39 is 0 Å². The highest BCUT2D eigenvalue weighted by Gasteiger charge is 2.24. The Morgan fingerprint density at radius 1 is 0.396 bits per heavy atom. The smallest absolute Gasteiger partial charge is 0.215 e. The molecule has 0 bridgehead atoms. The summed E-state index contributed by atoms with van der Waals surface area (Å²) in [5.41, 5.74) is 12.7. The fourth-order valence-corrected chi connectivity index (χ4v) is 7.61. The van der Waals surface area contributed by atoms with Crippen molar-refractivity contribution in [3.63, 3.8) is 0 Å². The van der Waals surface area contributed by atoms with Gasteiger partial charge in [0.15, 0.2) is 0 Å². The first-order chi connectivity index (χ1) is 23.7. The van der Waals surface area contributed by atoms with Gasteiger partial charge in [-0.25, -0.2) is 4.98 Å². The van der Waals surface area contributed by atoms with Crippen molar-refractivity contribution >= 4 is 54.6 Å². The largest absolute Gasteiger partial charge is 0.313 e. The summed E-state index contributed by atoms with van der Waals surface area (Å²) in [6.45, 7) is 0. The van der Waals surface area contributed by atoms with Crippen molar-refractivity contribution in [2.75, 3.05) is 0 Å². The van der Waals surface area contributed by atoms with Crippen molar-refractivity contribution in [1.29, 1.82) is 0 Å². The lowest BCUT2D eigenvalue weighted by Crippen LogP contribution is -2.04. The van der Waals surface area contributed by atoms with Gasteiger partial charge < -0.3 is 9.13 Å². The van der Waals surface area contributed by atoms with Crippen LogP contribution in [0.4, 0.5) is 0 Å². The van der Waals surface area contributed by atoms with Gasteiger partial charge in [0.05, 0.1) is 33.1 Å². The maximum atomic E-state index is 5.27. The Morgan fingerprint density at radius 2 is 0.896 bits per heavy atom. The van der Waals surface area contributed by atoms with Gasteiger partial charge in [0.1, 0.15) is 0 Å². The van der Waals surface area contributed by atoms with E-state index in [1.165, 1.54) is 54.8 Å². The van der Waals surface area contributed by atoms with Crippen LogP contribution < -0.4 is 0 Å². The lowest BCUT2D eigenvalue weighted by Gasteiger charge is -2.12. The molecule has 0 N–H and O–H groups in total. The van der Waals surface area contributed by atoms with Crippen LogP contribution in [0.5, 0.6) is 0 Å². The van der Waals surface area contributed by atoms with Crippen LogP contribution in [0.15, 0.2) is 164 Å². The molecule has 0 aliphatic carbocycles. The van der Waals surface area contributed by atoms with Gasteiger partial charge in [-0.3, -0.25) is 4.57 Å². The van der Waals surface area contributed by atoms with Crippen LogP contribution in [0.2, 0.25) is 0 Å². The third kappa shape index (κ3) is 3.86. The van der Waals surface area contributed by atoms with Crippen molar-refractivity contribution in [2.45, 2.75) is 0 Å². The molecule has 4 heteroatoms. The summed E-state index contributed by atoms with van der Waals surface area (Å²) in [7, 11) is 2.12. The van der Waals surface area contributed by atoms with Crippen molar-refractivity contribution in [1.82, 2.24) is 18.7 Å². The van der Waals surface area contributed by atoms with Crippen LogP contribution in [0.1, 0.15) is 0 Å². The minimum atomic E-state index is 0.894. The van der Waals surface area contributed by atoms with E-state index in [1.54, 1.807) is 0 Å². The number of aryl methyl sites for hydroxylation is 1. The SMILES string of the molecule is Cn1c(-n2c3ccc(-c4ccccc4)cc3c3ccc4c5cc(-c6ccccc6)ccc5n(-c5ccccc5)c4c32)nc2ccccc21. The van der Waals surface area contributed by atoms with E-state index in [1.807, 2.05) is 0 Å². The Hall–Kier alpha value is -6.39. The van der Waals surface area contributed by atoms with E-state index in [2.05, 4.69) is 185 Å². The topological polar surface area (TPSA) is 27.7 Å². The van der Waals surface area contributed by atoms with Crippen LogP contribution in [0, 0.1) is 0 Å². The molecule has 0 atom stereocenters. The van der Waals surface area contributed by atoms with Gasteiger partial charge in [-0.2, -0.15) is 0 Å². The van der Waals surface area contributed by atoms with E-state index in [0.717, 1.165) is 33.7 Å². The molecular weight excluding hydrogens is 585 g/mol. The molecule has 10 aromatic rings. The Kier molecular flexibility index (Phi) is 5.75. The molecule has 0 aliphatic rings. The highest BCUT2D eigenvalue weighted by atomic mass is 15.2. The minimum Gasteiger partial charge on any atom is -0.313 e. The normalized spacial score (nSPS) is 11.9. The molecule has 0 radical (unpaired) electrons. The molecule has 10 rings (SSSR count). The number of nitrogens with zero attached hydrogens (tertiary/aromatic N) is 4. The van der Waals surface area contributed by atoms with E-state index in [9.17, 15) is 0 Å². The number of hydrogen-bond donors (Lipinski definition) is 0. The van der Waals surface area contributed by atoms with Crippen molar-refractivity contribution in [3.8, 4) is 33.9 Å². The lowest BCUT2D eigenvalue weighted by atomic mass is 10.0. The van der Waals surface area contributed by atoms with Gasteiger partial charge in [-0.05, 0) is 70.8 Å². The summed E-state index contributed by atoms with van der Waals surface area (Å²) in [5.74, 6) is 0.894. The molecule has 0 saturated carbocycles. The van der Waals surface area contributed by atoms with Crippen LogP contribution in [-0.4, -0.2) is 18.7 Å². The number of rotatable bonds is 4. The Balaban J connectivity index is 1.40. The zero-order chi connectivity index (χ0) is 31.8. The summed E-state index contributed by atoms with van der Waals surface area (Å²) in [5, 5.41) is 4.84. The predicted octanol–water partition coefficient (Wildman–Crippen LogP) is 11.1. The van der Waals surface area contributed by atoms with Crippen molar-refractivity contribution in [3.05, 3.63) is 164 Å². The zero-order valence-electron chi connectivity index (χ0n) is 26.4. The van der Waals surface area contributed by atoms with Gasteiger partial charge >= 0.3 is 0 Å². The van der Waals surface area contributed by atoms with Gasteiger partial charge in [-0.15, -0.1) is 0 Å². The Morgan fingerprint density at radius 3 is 1.48 bits per heavy atom. The van der Waals surface area contributed by atoms with Crippen LogP contribution in [-0.2, 0) is 7.05 Å². The highest BCUT2D eigenvalue weighted by molar-refractivity contribution is 6.24. The summed E-state index contributed by atoms with van der Waals surface area (Å²) in [6, 6.07) is 58.8. The van der Waals surface area contributed by atoms with Gasteiger partial charge in [-0.1, -0.05) is 115 Å². The first-order valence-corrected chi connectivity index (χ1v) is 16.4. The zero-order valence-corrected chi connectivity index (χ0v) is 26.4. The second kappa shape index (κ2) is 10.3. The summed E-state index contributed by atoms with van der Waals surface area (Å²) in [4.78, 5) is 5.27. The first-order valence-electron chi connectivity index (χ1n) is 16.4. The van der Waals surface area contributed by atoms with Gasteiger partial charge in [0.25, 0.3) is 0 Å². The number of hydrogen-bond acceptors (Lipinski definition) is 1. The van der Waals surface area contributed by atoms with Gasteiger partial charge in [0.2, 0.25) is 5.95 Å². The lowest BCUT2D eigenvalue weighted by molar-refractivity contribution is 0.870. The third-order valence-electron chi connectivity index (χ3n) is 9.85. The first kappa shape index (κ1) is 26.8. The molecule has 0 amide bonds. The number of imidazole rings is 1. The number of para-hydroxylation sites is 3. The Labute approximate surface area is 277 Å². The fraction of sp³-hybridized carbons (Fsp3) is 0.0227. The van der Waals surface area contributed by atoms with Crippen molar-refractivity contribution < 1.29 is 0 Å². The molecule has 7 aromatic carbocycles. The highest BCUT2D eigenvalue weighted by Crippen LogP contribution is 2.43. The van der Waals surface area contributed by atoms with E-state index in [0.29, 0.717) is 0 Å². The van der Waals surface area contributed by atoms with Crippen molar-refractivity contribution in [2.24, 2.45) is 7.05 Å². The van der Waals surface area contributed by atoms with E-state index in [4.69, 9.17) is 4.98 Å². The molecular formula is C44H30N4. The molecule has 226 valence electrons. The quantitative estimate of drug-likeness (QED) is 0.194. The molecule has 3 heterocycles. The average molecular weight is 615 g/mol. The summed E-state index contributed by atoms with van der Waals surface area (Å²) in [6.07, 6.45) is 0. The Bertz CT molecular complexity index is 2820. The van der Waals surface area contributed by atoms with E-state index >= 15 is 0 Å². The molecule has 4 nitrogen and oxygen atoms in total. The van der Waals surface area contributed by atoms with Crippen LogP contribution in [0.25, 0.3) is 88.5 Å². The standard InChI is InChI=1S/C44H30N4/c1-46-41-20-12-11-19-38(41)45-44(46)48-40-26-22-32(30-15-7-3-8-16-30)28-37(40)35-24-23-34-36-27-31(29-13-5-2-6-14-29)21-25-39(36)47(42(34)43(35)48)33-17-9-4-10-18-33/h2-28H,1H3. The maximum absolute atomic E-state index is 5.27. The molecule has 0 spiro atoms. The fourth-order valence-electron chi connectivity index (χ4n) is 7.61. The summed E-state index contributed by atoms with van der Waals surface area (Å²) < 4.78 is 7.05. The second-order valence-corrected chi connectivity index (χ2v) is 12.5. The minimum absolute atomic E-state index is 0.894. The number of benzene rings is 7. The number of fused-ring (bicyclic) bond motifs is 8. The van der Waals surface area contributed by atoms with Gasteiger partial charge in [0, 0.05) is 34.3 Å². The molecule has 48 heavy (non-hydrogen) atoms. The van der Waals surface area contributed by atoms with Crippen LogP contribution in [0.3, 0.4) is 0 Å². The predicted molar refractivity (Wildman–Crippen MR) is 200 cm³/mol. The molecule has 3 aromatic heterocycles. The number of aromatic nitrogens is 4. The molecule has 0 unspecified atom stereocenters. The second-order valence-electron chi connectivity index (χ2n) is 12.5. The van der Waals surface area contributed by atoms with E-state index in [-0.39, 0.29) is 0 Å². The molecule has 0 saturated heterocycles. The third-order valence-corrected chi connectivity index (χ3v) is 9.85. The maximum Gasteiger partial charge on any atom is 0.215 e.